The van der Waals surface area contributed by atoms with E-state index < -0.39 is 5.54 Å². The Morgan fingerprint density at radius 3 is 2.71 bits per heavy atom. The summed E-state index contributed by atoms with van der Waals surface area (Å²) >= 11 is 0. The first kappa shape index (κ1) is 24.3. The zero-order valence-corrected chi connectivity index (χ0v) is 21.8. The van der Waals surface area contributed by atoms with Crippen LogP contribution in [-0.4, -0.2) is 52.8 Å². The van der Waals surface area contributed by atoms with Gasteiger partial charge in [-0.3, -0.25) is 19.5 Å². The summed E-state index contributed by atoms with van der Waals surface area (Å²) in [6, 6.07) is 14.0. The van der Waals surface area contributed by atoms with Crippen LogP contribution in [0.1, 0.15) is 58.4 Å². The quantitative estimate of drug-likeness (QED) is 0.337. The zero-order chi connectivity index (χ0) is 26.4. The van der Waals surface area contributed by atoms with E-state index in [0.717, 1.165) is 53.4 Å². The molecule has 1 aliphatic heterocycles. The van der Waals surface area contributed by atoms with Crippen molar-refractivity contribution in [3.8, 4) is 17.1 Å². The van der Waals surface area contributed by atoms with Crippen molar-refractivity contribution >= 4 is 22.6 Å². The molecule has 0 bridgehead atoms. The smallest absolute Gasteiger partial charge is 0.263 e. The molecule has 0 radical (unpaired) electrons. The molecule has 1 N–H and O–H groups in total. The number of oxazole rings is 1. The van der Waals surface area contributed by atoms with Crippen LogP contribution in [0.2, 0.25) is 0 Å². The van der Waals surface area contributed by atoms with Crippen molar-refractivity contribution < 1.29 is 18.7 Å². The number of aromatic nitrogens is 2. The lowest BCUT2D eigenvalue weighted by Gasteiger charge is -2.37. The van der Waals surface area contributed by atoms with Gasteiger partial charge in [0.25, 0.3) is 11.8 Å². The van der Waals surface area contributed by atoms with Crippen LogP contribution in [0.5, 0.6) is 5.75 Å². The fourth-order valence-electron chi connectivity index (χ4n) is 5.07. The number of nitrogens with zero attached hydrogens (tertiary/aromatic N) is 3. The van der Waals surface area contributed by atoms with E-state index >= 15 is 0 Å². The third-order valence-corrected chi connectivity index (χ3v) is 7.76. The van der Waals surface area contributed by atoms with E-state index in [2.05, 4.69) is 27.2 Å². The Balaban J connectivity index is 1.30. The molecule has 1 saturated heterocycles. The third-order valence-electron chi connectivity index (χ3n) is 7.76. The van der Waals surface area contributed by atoms with Crippen LogP contribution in [0.3, 0.4) is 0 Å². The molecule has 3 heterocycles. The topological polar surface area (TPSA) is 97.6 Å². The van der Waals surface area contributed by atoms with Crippen molar-refractivity contribution in [1.29, 1.82) is 0 Å². The highest BCUT2D eigenvalue weighted by Crippen LogP contribution is 2.49. The number of amides is 1. The fourth-order valence-corrected chi connectivity index (χ4v) is 5.07. The van der Waals surface area contributed by atoms with Crippen molar-refractivity contribution in [2.75, 3.05) is 20.2 Å². The highest BCUT2D eigenvalue weighted by atomic mass is 16.5. The summed E-state index contributed by atoms with van der Waals surface area (Å²) in [6.45, 7) is 5.07. The molecule has 6 rings (SSSR count). The summed E-state index contributed by atoms with van der Waals surface area (Å²) in [4.78, 5) is 36.3. The number of ketones is 1. The van der Waals surface area contributed by atoms with E-state index in [9.17, 15) is 9.59 Å². The number of likely N-dealkylation sites (N-methyl/N-ethyl adjacent to an activating group) is 1. The molecule has 1 aliphatic carbocycles. The minimum Gasteiger partial charge on any atom is -0.492 e. The average molecular weight is 511 g/mol. The molecular weight excluding hydrogens is 480 g/mol. The van der Waals surface area contributed by atoms with Gasteiger partial charge < -0.3 is 14.5 Å². The van der Waals surface area contributed by atoms with E-state index in [1.807, 2.05) is 49.4 Å². The molecule has 2 fully saturated rings. The maximum Gasteiger partial charge on any atom is 0.263 e. The van der Waals surface area contributed by atoms with Gasteiger partial charge in [0.05, 0.1) is 17.3 Å². The van der Waals surface area contributed by atoms with Gasteiger partial charge >= 0.3 is 0 Å². The Bertz CT molecular complexity index is 1560. The largest absolute Gasteiger partial charge is 0.492 e. The predicted octanol–water partition coefficient (Wildman–Crippen LogP) is 4.90. The van der Waals surface area contributed by atoms with E-state index in [1.165, 1.54) is 6.92 Å². The lowest BCUT2D eigenvalue weighted by molar-refractivity contribution is 0.0767. The number of ether oxygens (including phenoxy) is 1. The van der Waals surface area contributed by atoms with Gasteiger partial charge in [-0.15, -0.1) is 0 Å². The van der Waals surface area contributed by atoms with Crippen molar-refractivity contribution in [1.82, 2.24) is 20.2 Å². The molecule has 1 amide bonds. The summed E-state index contributed by atoms with van der Waals surface area (Å²) < 4.78 is 11.7. The number of fused-ring (bicyclic) bond motifs is 1. The third kappa shape index (κ3) is 4.45. The monoisotopic (exact) mass is 510 g/mol. The molecule has 2 aromatic heterocycles. The number of rotatable bonds is 8. The maximum atomic E-state index is 13.6. The number of aryl methyl sites for hydroxylation is 1. The van der Waals surface area contributed by atoms with Crippen LogP contribution >= 0.6 is 0 Å². The molecule has 2 aliphatic rings. The van der Waals surface area contributed by atoms with E-state index in [1.54, 1.807) is 12.4 Å². The Labute approximate surface area is 221 Å². The van der Waals surface area contributed by atoms with Gasteiger partial charge in [-0.1, -0.05) is 12.1 Å². The first-order valence-corrected chi connectivity index (χ1v) is 13.0. The second-order valence-corrected chi connectivity index (χ2v) is 10.4. The number of Topliss-reactive ketones (excluding diaryl/α,β-unsaturated/α-hetero) is 1. The Morgan fingerprint density at radius 1 is 1.18 bits per heavy atom. The molecule has 194 valence electrons. The number of likely N-dealkylation sites (tertiary alicyclic amines) is 1. The Kier molecular flexibility index (Phi) is 5.99. The summed E-state index contributed by atoms with van der Waals surface area (Å²) in [6.07, 6.45) is 6.05. The number of carbonyl (C=O) groups excluding carboxylic acids is 2. The second-order valence-electron chi connectivity index (χ2n) is 10.4. The van der Waals surface area contributed by atoms with Gasteiger partial charge in [-0.2, -0.15) is 0 Å². The van der Waals surface area contributed by atoms with Gasteiger partial charge in [0, 0.05) is 35.7 Å². The van der Waals surface area contributed by atoms with E-state index in [-0.39, 0.29) is 17.6 Å². The number of benzene rings is 2. The summed E-state index contributed by atoms with van der Waals surface area (Å²) in [7, 11) is 2.10. The minimum atomic E-state index is -0.518. The molecule has 8 nitrogen and oxygen atoms in total. The second kappa shape index (κ2) is 9.36. The first-order valence-electron chi connectivity index (χ1n) is 13.0. The highest BCUT2D eigenvalue weighted by Gasteiger charge is 2.47. The van der Waals surface area contributed by atoms with Crippen molar-refractivity contribution in [3.05, 3.63) is 77.4 Å². The molecule has 38 heavy (non-hydrogen) atoms. The van der Waals surface area contributed by atoms with Gasteiger partial charge in [-0.05, 0) is 81.2 Å². The minimum absolute atomic E-state index is 0.0682. The number of nitrogens with one attached hydrogen (secondary N) is 1. The van der Waals surface area contributed by atoms with Crippen molar-refractivity contribution in [3.63, 3.8) is 0 Å². The van der Waals surface area contributed by atoms with Gasteiger partial charge in [-0.25, -0.2) is 4.98 Å². The van der Waals surface area contributed by atoms with Crippen LogP contribution < -0.4 is 10.1 Å². The summed E-state index contributed by atoms with van der Waals surface area (Å²) in [5.74, 6) is 0.895. The molecule has 8 heteroatoms. The van der Waals surface area contributed by atoms with Crippen LogP contribution in [0.25, 0.3) is 22.2 Å². The molecule has 1 saturated carbocycles. The van der Waals surface area contributed by atoms with Crippen LogP contribution in [0, 0.1) is 6.92 Å². The molecule has 2 aromatic carbocycles. The van der Waals surface area contributed by atoms with Crippen LogP contribution in [-0.2, 0) is 5.54 Å². The average Bonchev–Trinajstić information content (AvgIpc) is 3.50. The van der Waals surface area contributed by atoms with Gasteiger partial charge in [0.2, 0.25) is 5.78 Å². The van der Waals surface area contributed by atoms with E-state index in [4.69, 9.17) is 9.15 Å². The standard InChI is InChI=1S/C30H30N4O4/c1-18-6-7-22(37-17-21-8-12-34(21)3)15-24(18)28(36)33-30(9-10-30)25-13-20(14-26-23(25)5-4-11-31-26)27-16-32-29(38-27)19(2)35/h4-7,11,13-16,21H,8-10,12,17H2,1-3H3,(H,33,36)/t21-/m0/s1. The van der Waals surface area contributed by atoms with Gasteiger partial charge in [0.1, 0.15) is 12.4 Å². The summed E-state index contributed by atoms with van der Waals surface area (Å²) in [5, 5.41) is 4.30. The van der Waals surface area contributed by atoms with Crippen molar-refractivity contribution in [2.45, 2.75) is 44.7 Å². The van der Waals surface area contributed by atoms with Crippen molar-refractivity contribution in [2.24, 2.45) is 0 Å². The number of carbonyl (C=O) groups is 2. The number of hydrogen-bond donors (Lipinski definition) is 1. The van der Waals surface area contributed by atoms with Crippen LogP contribution in [0.4, 0.5) is 0 Å². The Hall–Kier alpha value is -4.04. The molecule has 0 spiro atoms. The lowest BCUT2D eigenvalue weighted by Crippen LogP contribution is -2.48. The van der Waals surface area contributed by atoms with Gasteiger partial charge in [0.15, 0.2) is 5.76 Å². The van der Waals surface area contributed by atoms with Crippen LogP contribution in [0.15, 0.2) is 59.3 Å². The Morgan fingerprint density at radius 2 is 2.03 bits per heavy atom. The number of pyridine rings is 1. The lowest BCUT2D eigenvalue weighted by atomic mass is 9.95. The number of hydrogen-bond acceptors (Lipinski definition) is 7. The predicted molar refractivity (Wildman–Crippen MR) is 143 cm³/mol. The molecule has 1 atom stereocenters. The molecule has 0 unspecified atom stereocenters. The maximum absolute atomic E-state index is 13.6. The first-order chi connectivity index (χ1) is 18.3. The normalized spacial score (nSPS) is 18.1. The zero-order valence-electron chi connectivity index (χ0n) is 21.8. The summed E-state index contributed by atoms with van der Waals surface area (Å²) in [5.41, 5.74) is 3.51. The highest BCUT2D eigenvalue weighted by molar-refractivity contribution is 5.98. The SMILES string of the molecule is CC(=O)c1ncc(-c2cc(C3(NC(=O)c4cc(OC[C@@H]5CCN5C)ccc4C)CC3)c3cccnc3c2)o1. The molecular formula is C30H30N4O4. The molecule has 4 aromatic rings. The van der Waals surface area contributed by atoms with E-state index in [0.29, 0.717) is 29.7 Å². The fraction of sp³-hybridized carbons (Fsp3) is 0.333.